The van der Waals surface area contributed by atoms with Crippen LogP contribution in [-0.4, -0.2) is 36.1 Å². The van der Waals surface area contributed by atoms with Gasteiger partial charge < -0.3 is 9.80 Å². The van der Waals surface area contributed by atoms with Crippen LogP contribution in [0.5, 0.6) is 0 Å². The van der Waals surface area contributed by atoms with Crippen LogP contribution in [0.2, 0.25) is 10.0 Å². The van der Waals surface area contributed by atoms with Crippen LogP contribution < -0.4 is 9.80 Å². The average molecular weight is 405 g/mol. The highest BCUT2D eigenvalue weighted by Gasteiger charge is 2.23. The highest BCUT2D eigenvalue weighted by Crippen LogP contribution is 2.33. The zero-order valence-corrected chi connectivity index (χ0v) is 16.4. The summed E-state index contributed by atoms with van der Waals surface area (Å²) in [7, 11) is 0. The molecule has 1 fully saturated rings. The zero-order valence-electron chi connectivity index (χ0n) is 14.9. The summed E-state index contributed by atoms with van der Waals surface area (Å²) in [4.78, 5) is 13.6. The van der Waals surface area contributed by atoms with E-state index in [0.717, 1.165) is 42.1 Å². The van der Waals surface area contributed by atoms with Crippen molar-refractivity contribution < 1.29 is 4.39 Å². The second-order valence-electron chi connectivity index (χ2n) is 6.53. The predicted molar refractivity (Wildman–Crippen MR) is 110 cm³/mol. The van der Waals surface area contributed by atoms with E-state index in [9.17, 15) is 4.39 Å². The van der Waals surface area contributed by atoms with Crippen LogP contribution in [0.4, 0.5) is 15.9 Å². The Bertz CT molecular complexity index is 987. The number of nitrogens with zero attached hydrogens (tertiary/aromatic N) is 4. The Balaban J connectivity index is 1.66. The van der Waals surface area contributed by atoms with Gasteiger partial charge in [0.1, 0.15) is 17.5 Å². The first-order valence-electron chi connectivity index (χ1n) is 8.97. The number of rotatable bonds is 3. The minimum Gasteiger partial charge on any atom is -0.366 e. The van der Waals surface area contributed by atoms with Gasteiger partial charge in [0.2, 0.25) is 0 Å². The number of hydrogen-bond donors (Lipinski definition) is 0. The standard InChI is InChI=1S/C20H19Cl2FN4/c1-2-18-24-19-14(11-13(21)12-15(19)22)20(25-18)27-9-7-26(8-10-27)17-6-4-3-5-16(17)23/h3-6,11-12H,2,7-10H2,1H3. The highest BCUT2D eigenvalue weighted by atomic mass is 35.5. The molecular weight excluding hydrogens is 386 g/mol. The lowest BCUT2D eigenvalue weighted by Gasteiger charge is -2.37. The smallest absolute Gasteiger partial charge is 0.146 e. The normalized spacial score (nSPS) is 14.8. The van der Waals surface area contributed by atoms with Gasteiger partial charge in [0.05, 0.1) is 16.2 Å². The summed E-state index contributed by atoms with van der Waals surface area (Å²) < 4.78 is 14.1. The molecule has 0 amide bonds. The summed E-state index contributed by atoms with van der Waals surface area (Å²) in [5.41, 5.74) is 1.37. The molecule has 0 aliphatic carbocycles. The minimum absolute atomic E-state index is 0.190. The minimum atomic E-state index is -0.190. The topological polar surface area (TPSA) is 32.3 Å². The first-order chi connectivity index (χ1) is 13.1. The summed E-state index contributed by atoms with van der Waals surface area (Å²) >= 11 is 12.6. The third-order valence-corrected chi connectivity index (χ3v) is 5.34. The van der Waals surface area contributed by atoms with Gasteiger partial charge in [-0.2, -0.15) is 0 Å². The van der Waals surface area contributed by atoms with E-state index in [1.165, 1.54) is 6.07 Å². The van der Waals surface area contributed by atoms with Crippen LogP contribution in [0, 0.1) is 5.82 Å². The van der Waals surface area contributed by atoms with Crippen molar-refractivity contribution in [2.24, 2.45) is 0 Å². The van der Waals surface area contributed by atoms with Crippen molar-refractivity contribution in [1.82, 2.24) is 9.97 Å². The maximum Gasteiger partial charge on any atom is 0.146 e. The van der Waals surface area contributed by atoms with Crippen molar-refractivity contribution >= 4 is 45.6 Å². The summed E-state index contributed by atoms with van der Waals surface area (Å²) in [6.07, 6.45) is 0.719. The number of halogens is 3. The van der Waals surface area contributed by atoms with Crippen LogP contribution in [0.3, 0.4) is 0 Å². The molecule has 1 aromatic heterocycles. The van der Waals surface area contributed by atoms with Gasteiger partial charge in [0.25, 0.3) is 0 Å². The number of anilines is 2. The molecular formula is C20H19Cl2FN4. The summed E-state index contributed by atoms with van der Waals surface area (Å²) in [6, 6.07) is 10.5. The monoisotopic (exact) mass is 404 g/mol. The molecule has 4 nitrogen and oxygen atoms in total. The molecule has 1 saturated heterocycles. The first kappa shape index (κ1) is 18.3. The predicted octanol–water partition coefficient (Wildman–Crippen LogP) is 4.96. The summed E-state index contributed by atoms with van der Waals surface area (Å²) in [6.45, 7) is 4.90. The molecule has 1 aliphatic rings. The van der Waals surface area contributed by atoms with Gasteiger partial charge in [-0.25, -0.2) is 14.4 Å². The van der Waals surface area contributed by atoms with Gasteiger partial charge in [-0.1, -0.05) is 42.3 Å². The van der Waals surface area contributed by atoms with Crippen LogP contribution >= 0.6 is 23.2 Å². The van der Waals surface area contributed by atoms with Crippen molar-refractivity contribution in [2.45, 2.75) is 13.3 Å². The molecule has 2 heterocycles. The number of aromatic nitrogens is 2. The van der Waals surface area contributed by atoms with Gasteiger partial charge >= 0.3 is 0 Å². The molecule has 7 heteroatoms. The number of para-hydroxylation sites is 1. The molecule has 0 atom stereocenters. The van der Waals surface area contributed by atoms with E-state index in [-0.39, 0.29) is 5.82 Å². The molecule has 3 aromatic rings. The Morgan fingerprint density at radius 3 is 2.41 bits per heavy atom. The van der Waals surface area contributed by atoms with Gasteiger partial charge in [0.15, 0.2) is 0 Å². The molecule has 0 saturated carbocycles. The van der Waals surface area contributed by atoms with E-state index in [4.69, 9.17) is 28.2 Å². The van der Waals surface area contributed by atoms with Crippen LogP contribution in [-0.2, 0) is 6.42 Å². The van der Waals surface area contributed by atoms with E-state index >= 15 is 0 Å². The largest absolute Gasteiger partial charge is 0.366 e. The fourth-order valence-electron chi connectivity index (χ4n) is 3.45. The van der Waals surface area contributed by atoms with Crippen molar-refractivity contribution in [2.75, 3.05) is 36.0 Å². The lowest BCUT2D eigenvalue weighted by molar-refractivity contribution is 0.596. The lowest BCUT2D eigenvalue weighted by atomic mass is 10.2. The number of aryl methyl sites for hydroxylation is 1. The van der Waals surface area contributed by atoms with Crippen LogP contribution in [0.15, 0.2) is 36.4 Å². The van der Waals surface area contributed by atoms with Crippen molar-refractivity contribution in [3.8, 4) is 0 Å². The van der Waals surface area contributed by atoms with Crippen LogP contribution in [0.25, 0.3) is 10.9 Å². The molecule has 0 radical (unpaired) electrons. The number of piperazine rings is 1. The molecule has 0 bridgehead atoms. The fraction of sp³-hybridized carbons (Fsp3) is 0.300. The fourth-order valence-corrected chi connectivity index (χ4v) is 3.99. The van der Waals surface area contributed by atoms with Crippen molar-refractivity contribution in [3.05, 3.63) is 58.1 Å². The third-order valence-electron chi connectivity index (χ3n) is 4.83. The van der Waals surface area contributed by atoms with E-state index in [0.29, 0.717) is 28.8 Å². The Labute approximate surface area is 167 Å². The quantitative estimate of drug-likeness (QED) is 0.616. The van der Waals surface area contributed by atoms with E-state index in [2.05, 4.69) is 14.8 Å². The Morgan fingerprint density at radius 2 is 1.70 bits per heavy atom. The maximum atomic E-state index is 14.1. The van der Waals surface area contributed by atoms with E-state index in [1.54, 1.807) is 12.1 Å². The summed E-state index contributed by atoms with van der Waals surface area (Å²) in [5, 5.41) is 1.94. The lowest BCUT2D eigenvalue weighted by Crippen LogP contribution is -2.47. The zero-order chi connectivity index (χ0) is 19.0. The highest BCUT2D eigenvalue weighted by molar-refractivity contribution is 6.38. The molecule has 0 unspecified atom stereocenters. The Kier molecular flexibility index (Phi) is 5.06. The molecule has 4 rings (SSSR count). The summed E-state index contributed by atoms with van der Waals surface area (Å²) in [5.74, 6) is 1.40. The van der Waals surface area contributed by atoms with Gasteiger partial charge in [0, 0.05) is 43.0 Å². The Morgan fingerprint density at radius 1 is 1.00 bits per heavy atom. The second-order valence-corrected chi connectivity index (χ2v) is 7.37. The first-order valence-corrected chi connectivity index (χ1v) is 9.72. The third kappa shape index (κ3) is 3.54. The van der Waals surface area contributed by atoms with Gasteiger partial charge in [-0.3, -0.25) is 0 Å². The van der Waals surface area contributed by atoms with Gasteiger partial charge in [-0.05, 0) is 24.3 Å². The van der Waals surface area contributed by atoms with Crippen molar-refractivity contribution in [1.29, 1.82) is 0 Å². The average Bonchev–Trinajstić information content (AvgIpc) is 2.68. The SMILES string of the molecule is CCc1nc(N2CCN(c3ccccc3F)CC2)c2cc(Cl)cc(Cl)c2n1. The van der Waals surface area contributed by atoms with E-state index < -0.39 is 0 Å². The number of fused-ring (bicyclic) bond motifs is 1. The van der Waals surface area contributed by atoms with E-state index in [1.807, 2.05) is 25.1 Å². The van der Waals surface area contributed by atoms with Crippen LogP contribution in [0.1, 0.15) is 12.7 Å². The van der Waals surface area contributed by atoms with Gasteiger partial charge in [-0.15, -0.1) is 0 Å². The second kappa shape index (κ2) is 7.49. The molecule has 1 aliphatic heterocycles. The maximum absolute atomic E-state index is 14.1. The molecule has 0 N–H and O–H groups in total. The number of benzene rings is 2. The molecule has 2 aromatic carbocycles. The number of hydrogen-bond acceptors (Lipinski definition) is 4. The van der Waals surface area contributed by atoms with Crippen molar-refractivity contribution in [3.63, 3.8) is 0 Å². The molecule has 0 spiro atoms. The molecule has 140 valence electrons. The molecule has 27 heavy (non-hydrogen) atoms. The Hall–Kier alpha value is -2.11.